The molecule has 1 aliphatic rings. The van der Waals surface area contributed by atoms with Crippen LogP contribution in [0.5, 0.6) is 5.75 Å². The van der Waals surface area contributed by atoms with Crippen molar-refractivity contribution in [1.29, 1.82) is 0 Å². The number of ether oxygens (including phenoxy) is 2. The molecule has 1 atom stereocenters. The summed E-state index contributed by atoms with van der Waals surface area (Å²) in [4.78, 5) is 4.76. The van der Waals surface area contributed by atoms with E-state index in [0.29, 0.717) is 25.6 Å². The van der Waals surface area contributed by atoms with Gasteiger partial charge in [-0.3, -0.25) is 0 Å². The molecule has 1 aliphatic heterocycles. The van der Waals surface area contributed by atoms with E-state index in [2.05, 4.69) is 61.7 Å². The Morgan fingerprint density at radius 3 is 2.72 bits per heavy atom. The number of halogens is 1. The Morgan fingerprint density at radius 2 is 2.03 bits per heavy atom. The van der Waals surface area contributed by atoms with Gasteiger partial charge in [-0.2, -0.15) is 0 Å². The number of aromatic nitrogens is 1. The van der Waals surface area contributed by atoms with Crippen molar-refractivity contribution in [2.45, 2.75) is 72.1 Å². The highest BCUT2D eigenvalue weighted by Crippen LogP contribution is 2.25. The molecule has 1 aromatic heterocycles. The number of guanidine groups is 1. The predicted octanol–water partition coefficient (Wildman–Crippen LogP) is 4.93. The summed E-state index contributed by atoms with van der Waals surface area (Å²) < 4.78 is 17.2. The monoisotopic (exact) mass is 556 g/mol. The second kappa shape index (κ2) is 13.7. The molecule has 0 aliphatic carbocycles. The number of benzene rings is 1. The molecule has 0 saturated carbocycles. The van der Waals surface area contributed by atoms with Crippen LogP contribution in [-0.4, -0.2) is 37.0 Å². The summed E-state index contributed by atoms with van der Waals surface area (Å²) >= 11 is 0. The summed E-state index contributed by atoms with van der Waals surface area (Å²) in [6.07, 6.45) is 3.17. The lowest BCUT2D eigenvalue weighted by atomic mass is 9.99. The molecule has 7 nitrogen and oxygen atoms in total. The second-order valence-corrected chi connectivity index (χ2v) is 7.99. The van der Waals surface area contributed by atoms with Gasteiger partial charge in [-0.05, 0) is 38.3 Å². The maximum Gasteiger partial charge on any atom is 0.191 e. The van der Waals surface area contributed by atoms with Crippen LogP contribution in [0.1, 0.15) is 68.5 Å². The molecule has 2 aromatic rings. The fourth-order valence-corrected chi connectivity index (χ4v) is 3.68. The third-order valence-corrected chi connectivity index (χ3v) is 5.57. The highest BCUT2D eigenvalue weighted by molar-refractivity contribution is 14.0. The Hall–Kier alpha value is -1.81. The Bertz CT molecular complexity index is 846. The molecule has 1 unspecified atom stereocenters. The summed E-state index contributed by atoms with van der Waals surface area (Å²) in [5.41, 5.74) is 3.26. The first kappa shape index (κ1) is 26.4. The van der Waals surface area contributed by atoms with Crippen LogP contribution in [0.3, 0.4) is 0 Å². The van der Waals surface area contributed by atoms with Gasteiger partial charge >= 0.3 is 0 Å². The molecule has 2 heterocycles. The van der Waals surface area contributed by atoms with Crippen LogP contribution in [0.2, 0.25) is 0 Å². The van der Waals surface area contributed by atoms with Gasteiger partial charge in [0.15, 0.2) is 11.7 Å². The molecule has 1 fully saturated rings. The summed E-state index contributed by atoms with van der Waals surface area (Å²) in [7, 11) is 0. The number of nitrogens with zero attached hydrogens (tertiary/aromatic N) is 2. The van der Waals surface area contributed by atoms with Crippen LogP contribution in [0.4, 0.5) is 0 Å². The normalized spacial score (nSPS) is 16.2. The minimum Gasteiger partial charge on any atom is -0.488 e. The second-order valence-electron chi connectivity index (χ2n) is 7.99. The van der Waals surface area contributed by atoms with Crippen molar-refractivity contribution < 1.29 is 14.0 Å². The molecule has 8 heteroatoms. The molecule has 0 amide bonds. The third-order valence-electron chi connectivity index (χ3n) is 5.57. The largest absolute Gasteiger partial charge is 0.488 e. The zero-order chi connectivity index (χ0) is 22.1. The van der Waals surface area contributed by atoms with Gasteiger partial charge in [-0.25, -0.2) is 4.99 Å². The Balaban J connectivity index is 0.00000363. The number of rotatable bonds is 10. The molecule has 0 bridgehead atoms. The Morgan fingerprint density at radius 1 is 1.22 bits per heavy atom. The minimum atomic E-state index is 0. The minimum absolute atomic E-state index is 0. The topological polar surface area (TPSA) is 80.9 Å². The summed E-state index contributed by atoms with van der Waals surface area (Å²) in [5, 5.41) is 10.9. The van der Waals surface area contributed by atoms with Gasteiger partial charge in [0.1, 0.15) is 11.9 Å². The van der Waals surface area contributed by atoms with Crippen LogP contribution < -0.4 is 15.4 Å². The average molecular weight is 556 g/mol. The van der Waals surface area contributed by atoms with E-state index in [1.165, 1.54) is 5.56 Å². The van der Waals surface area contributed by atoms with Crippen molar-refractivity contribution in [3.05, 3.63) is 46.8 Å². The van der Waals surface area contributed by atoms with Gasteiger partial charge in [0.2, 0.25) is 0 Å². The van der Waals surface area contributed by atoms with Crippen molar-refractivity contribution in [2.75, 3.05) is 19.8 Å². The van der Waals surface area contributed by atoms with Gasteiger partial charge in [0.25, 0.3) is 0 Å². The number of nitrogens with one attached hydrogen (secondary N) is 2. The van der Waals surface area contributed by atoms with Gasteiger partial charge in [-0.15, -0.1) is 24.0 Å². The first-order chi connectivity index (χ1) is 15.1. The lowest BCUT2D eigenvalue weighted by Gasteiger charge is -2.16. The average Bonchev–Trinajstić information content (AvgIpc) is 3.44. The standard InChI is InChI=1S/C24H36N4O3.HI/c1-5-18(6-2)22-13-21(31-28-22)15-27-24(25-7-3)26-14-19-9-8-17(4)12-23(19)30-20-10-11-29-16-20;/h8-9,12-13,18,20H,5-7,10-11,14-16H2,1-4H3,(H2,25,26,27);1H. The molecule has 3 rings (SSSR count). The van der Waals surface area contributed by atoms with Crippen molar-refractivity contribution >= 4 is 29.9 Å². The predicted molar refractivity (Wildman–Crippen MR) is 138 cm³/mol. The fourth-order valence-electron chi connectivity index (χ4n) is 3.68. The quantitative estimate of drug-likeness (QED) is 0.246. The lowest BCUT2D eigenvalue weighted by Crippen LogP contribution is -2.36. The Labute approximate surface area is 208 Å². The van der Waals surface area contributed by atoms with Crippen molar-refractivity contribution in [3.8, 4) is 5.75 Å². The van der Waals surface area contributed by atoms with E-state index in [0.717, 1.165) is 61.1 Å². The lowest BCUT2D eigenvalue weighted by molar-refractivity contribution is 0.140. The van der Waals surface area contributed by atoms with Gasteiger partial charge in [0.05, 0.1) is 32.0 Å². The number of aryl methyl sites for hydroxylation is 1. The molecule has 32 heavy (non-hydrogen) atoms. The first-order valence-electron chi connectivity index (χ1n) is 11.4. The van der Waals surface area contributed by atoms with Gasteiger partial charge in [0, 0.05) is 30.5 Å². The van der Waals surface area contributed by atoms with E-state index >= 15 is 0 Å². The number of hydrogen-bond acceptors (Lipinski definition) is 5. The van der Waals surface area contributed by atoms with Gasteiger partial charge < -0.3 is 24.6 Å². The van der Waals surface area contributed by atoms with Gasteiger partial charge in [-0.1, -0.05) is 31.1 Å². The van der Waals surface area contributed by atoms with E-state index in [4.69, 9.17) is 19.0 Å². The maximum absolute atomic E-state index is 6.20. The van der Waals surface area contributed by atoms with E-state index in [1.54, 1.807) is 0 Å². The summed E-state index contributed by atoms with van der Waals surface area (Å²) in [6.45, 7) is 11.7. The van der Waals surface area contributed by atoms with E-state index in [9.17, 15) is 0 Å². The number of hydrogen-bond donors (Lipinski definition) is 2. The molecule has 1 saturated heterocycles. The SMILES string of the molecule is CCNC(=NCc1ccc(C)cc1OC1CCOC1)NCc1cc(C(CC)CC)no1.I. The number of aliphatic imine (C=N–C) groups is 1. The molecule has 2 N–H and O–H groups in total. The highest BCUT2D eigenvalue weighted by atomic mass is 127. The summed E-state index contributed by atoms with van der Waals surface area (Å²) in [6, 6.07) is 8.31. The molecular weight excluding hydrogens is 519 g/mol. The van der Waals surface area contributed by atoms with Crippen LogP contribution in [-0.2, 0) is 17.8 Å². The summed E-state index contributed by atoms with van der Waals surface area (Å²) in [5.74, 6) is 2.89. The zero-order valence-electron chi connectivity index (χ0n) is 19.6. The van der Waals surface area contributed by atoms with Crippen LogP contribution in [0, 0.1) is 6.92 Å². The molecule has 1 aromatic carbocycles. The molecular formula is C24H37IN4O3. The highest BCUT2D eigenvalue weighted by Gasteiger charge is 2.19. The molecule has 0 radical (unpaired) electrons. The van der Waals surface area contributed by atoms with Crippen LogP contribution in [0.25, 0.3) is 0 Å². The molecule has 0 spiro atoms. The third kappa shape index (κ3) is 7.65. The zero-order valence-corrected chi connectivity index (χ0v) is 22.0. The van der Waals surface area contributed by atoms with E-state index < -0.39 is 0 Å². The fraction of sp³-hybridized carbons (Fsp3) is 0.583. The Kier molecular flexibility index (Phi) is 11.3. The maximum atomic E-state index is 6.20. The smallest absolute Gasteiger partial charge is 0.191 e. The molecule has 178 valence electrons. The van der Waals surface area contributed by atoms with E-state index in [1.807, 2.05) is 6.07 Å². The van der Waals surface area contributed by atoms with Crippen LogP contribution in [0.15, 0.2) is 33.8 Å². The van der Waals surface area contributed by atoms with Crippen LogP contribution >= 0.6 is 24.0 Å². The van der Waals surface area contributed by atoms with Crippen molar-refractivity contribution in [3.63, 3.8) is 0 Å². The van der Waals surface area contributed by atoms with Crippen molar-refractivity contribution in [2.24, 2.45) is 4.99 Å². The first-order valence-corrected chi connectivity index (χ1v) is 11.4. The van der Waals surface area contributed by atoms with E-state index in [-0.39, 0.29) is 30.1 Å². The van der Waals surface area contributed by atoms with Crippen molar-refractivity contribution in [1.82, 2.24) is 15.8 Å².